The molecule has 0 saturated heterocycles. The van der Waals surface area contributed by atoms with E-state index in [4.69, 9.17) is 0 Å². The Morgan fingerprint density at radius 1 is 1.27 bits per heavy atom. The van der Waals surface area contributed by atoms with Crippen molar-refractivity contribution in [1.29, 1.82) is 0 Å². The molecule has 0 aromatic carbocycles. The highest BCUT2D eigenvalue weighted by atomic mass is 16.3. The maximum atomic E-state index is 9.89. The van der Waals surface area contributed by atoms with Gasteiger partial charge in [0.2, 0.25) is 0 Å². The second-order valence-corrected chi connectivity index (χ2v) is 5.22. The minimum Gasteiger partial charge on any atom is -0.393 e. The maximum absolute atomic E-state index is 9.89. The van der Waals surface area contributed by atoms with Gasteiger partial charge in [0.05, 0.1) is 12.2 Å². The van der Waals surface area contributed by atoms with Crippen LogP contribution in [0, 0.1) is 11.8 Å². The highest BCUT2D eigenvalue weighted by Crippen LogP contribution is 2.34. The van der Waals surface area contributed by atoms with Crippen LogP contribution in [-0.2, 0) is 0 Å². The Kier molecular flexibility index (Phi) is 5.62. The van der Waals surface area contributed by atoms with Gasteiger partial charge in [-0.05, 0) is 50.9 Å². The Morgan fingerprint density at radius 2 is 2.00 bits per heavy atom. The first kappa shape index (κ1) is 13.0. The summed E-state index contributed by atoms with van der Waals surface area (Å²) in [6.07, 6.45) is 7.37. The number of aliphatic hydroxyl groups is 2. The van der Waals surface area contributed by atoms with Gasteiger partial charge >= 0.3 is 0 Å². The average molecular weight is 214 g/mol. The fourth-order valence-electron chi connectivity index (χ4n) is 2.78. The summed E-state index contributed by atoms with van der Waals surface area (Å²) in [7, 11) is 0. The van der Waals surface area contributed by atoms with E-state index in [-0.39, 0.29) is 12.2 Å². The molecule has 0 aliphatic heterocycles. The van der Waals surface area contributed by atoms with Crippen LogP contribution in [0.25, 0.3) is 0 Å². The number of rotatable bonds is 5. The first-order valence-electron chi connectivity index (χ1n) is 6.49. The van der Waals surface area contributed by atoms with E-state index in [1.807, 2.05) is 6.92 Å². The van der Waals surface area contributed by atoms with Gasteiger partial charge in [-0.1, -0.05) is 19.8 Å². The van der Waals surface area contributed by atoms with Crippen LogP contribution < -0.4 is 0 Å². The monoisotopic (exact) mass is 214 g/mol. The van der Waals surface area contributed by atoms with Gasteiger partial charge in [0, 0.05) is 0 Å². The first-order valence-corrected chi connectivity index (χ1v) is 6.49. The van der Waals surface area contributed by atoms with Gasteiger partial charge in [-0.25, -0.2) is 0 Å². The quantitative estimate of drug-likeness (QED) is 0.738. The summed E-state index contributed by atoms with van der Waals surface area (Å²) in [5.41, 5.74) is 0. The first-order chi connectivity index (χ1) is 7.13. The summed E-state index contributed by atoms with van der Waals surface area (Å²) in [5, 5.41) is 19.1. The van der Waals surface area contributed by atoms with Crippen molar-refractivity contribution in [2.24, 2.45) is 11.8 Å². The molecule has 15 heavy (non-hydrogen) atoms. The van der Waals surface area contributed by atoms with Crippen LogP contribution in [0.1, 0.15) is 58.8 Å². The number of hydrogen-bond acceptors (Lipinski definition) is 2. The maximum Gasteiger partial charge on any atom is 0.0568 e. The number of aliphatic hydroxyl groups excluding tert-OH is 2. The molecule has 0 heterocycles. The van der Waals surface area contributed by atoms with Gasteiger partial charge in [-0.15, -0.1) is 0 Å². The summed E-state index contributed by atoms with van der Waals surface area (Å²) in [6, 6.07) is 0. The van der Waals surface area contributed by atoms with E-state index in [0.717, 1.165) is 25.2 Å². The molecule has 2 N–H and O–H groups in total. The second-order valence-electron chi connectivity index (χ2n) is 5.22. The van der Waals surface area contributed by atoms with Crippen LogP contribution in [0.15, 0.2) is 0 Å². The third-order valence-electron chi connectivity index (χ3n) is 3.70. The van der Waals surface area contributed by atoms with E-state index in [2.05, 4.69) is 6.92 Å². The van der Waals surface area contributed by atoms with Crippen molar-refractivity contribution in [3.05, 3.63) is 0 Å². The van der Waals surface area contributed by atoms with Crippen LogP contribution in [-0.4, -0.2) is 22.4 Å². The lowest BCUT2D eigenvalue weighted by atomic mass is 9.75. The lowest BCUT2D eigenvalue weighted by molar-refractivity contribution is 0.0342. The van der Waals surface area contributed by atoms with Crippen LogP contribution in [0.3, 0.4) is 0 Å². The topological polar surface area (TPSA) is 40.5 Å². The molecule has 0 spiro atoms. The fraction of sp³-hybridized carbons (Fsp3) is 1.00. The highest BCUT2D eigenvalue weighted by Gasteiger charge is 2.28. The molecular weight excluding hydrogens is 188 g/mol. The lowest BCUT2D eigenvalue weighted by Crippen LogP contribution is -2.29. The highest BCUT2D eigenvalue weighted by molar-refractivity contribution is 4.80. The van der Waals surface area contributed by atoms with Crippen molar-refractivity contribution in [1.82, 2.24) is 0 Å². The molecule has 4 unspecified atom stereocenters. The van der Waals surface area contributed by atoms with Crippen molar-refractivity contribution in [3.63, 3.8) is 0 Å². The third-order valence-corrected chi connectivity index (χ3v) is 3.70. The predicted molar refractivity (Wildman–Crippen MR) is 62.7 cm³/mol. The zero-order chi connectivity index (χ0) is 11.3. The van der Waals surface area contributed by atoms with Gasteiger partial charge in [-0.3, -0.25) is 0 Å². The van der Waals surface area contributed by atoms with E-state index in [1.54, 1.807) is 0 Å². The minimum absolute atomic E-state index is 0.114. The molecule has 1 aliphatic rings. The van der Waals surface area contributed by atoms with Crippen molar-refractivity contribution in [3.8, 4) is 0 Å². The van der Waals surface area contributed by atoms with E-state index in [1.165, 1.54) is 25.7 Å². The van der Waals surface area contributed by atoms with Gasteiger partial charge in [-0.2, -0.15) is 0 Å². The fourth-order valence-corrected chi connectivity index (χ4v) is 2.78. The van der Waals surface area contributed by atoms with Crippen LogP contribution in [0.2, 0.25) is 0 Å². The smallest absolute Gasteiger partial charge is 0.0568 e. The molecule has 1 fully saturated rings. The van der Waals surface area contributed by atoms with Crippen molar-refractivity contribution < 1.29 is 10.2 Å². The molecule has 0 amide bonds. The Hall–Kier alpha value is -0.0800. The molecule has 1 aliphatic carbocycles. The summed E-state index contributed by atoms with van der Waals surface area (Å²) in [4.78, 5) is 0. The second kappa shape index (κ2) is 6.49. The zero-order valence-corrected chi connectivity index (χ0v) is 10.2. The molecule has 4 atom stereocenters. The van der Waals surface area contributed by atoms with Crippen molar-refractivity contribution in [2.75, 3.05) is 0 Å². The average Bonchev–Trinajstić information content (AvgIpc) is 2.19. The normalized spacial score (nSPS) is 34.0. The van der Waals surface area contributed by atoms with Gasteiger partial charge in [0.1, 0.15) is 0 Å². The molecule has 0 radical (unpaired) electrons. The molecule has 2 nitrogen and oxygen atoms in total. The standard InChI is InChI=1S/C13H26O2/c1-3-4-11-6-8-13(15)12(9-11)7-5-10(2)14/h10-15H,3-9H2,1-2H3. The molecule has 90 valence electrons. The Morgan fingerprint density at radius 3 is 2.60 bits per heavy atom. The Labute approximate surface area is 93.7 Å². The SMILES string of the molecule is CCCC1CCC(O)C(CCC(C)O)C1. The molecule has 1 rings (SSSR count). The van der Waals surface area contributed by atoms with E-state index < -0.39 is 0 Å². The molecule has 0 aromatic heterocycles. The van der Waals surface area contributed by atoms with Crippen LogP contribution >= 0.6 is 0 Å². The molecule has 0 bridgehead atoms. The lowest BCUT2D eigenvalue weighted by Gasteiger charge is -2.33. The van der Waals surface area contributed by atoms with Gasteiger partial charge in [0.15, 0.2) is 0 Å². The van der Waals surface area contributed by atoms with Crippen LogP contribution in [0.5, 0.6) is 0 Å². The van der Waals surface area contributed by atoms with Gasteiger partial charge in [0.25, 0.3) is 0 Å². The number of hydrogen-bond donors (Lipinski definition) is 2. The molecule has 0 aromatic rings. The van der Waals surface area contributed by atoms with E-state index in [9.17, 15) is 10.2 Å². The third kappa shape index (κ3) is 4.52. The van der Waals surface area contributed by atoms with Gasteiger partial charge < -0.3 is 10.2 Å². The molecule has 2 heteroatoms. The summed E-state index contributed by atoms with van der Waals surface area (Å²) < 4.78 is 0. The van der Waals surface area contributed by atoms with E-state index >= 15 is 0 Å². The van der Waals surface area contributed by atoms with Crippen molar-refractivity contribution >= 4 is 0 Å². The minimum atomic E-state index is -0.219. The predicted octanol–water partition coefficient (Wildman–Crippen LogP) is 2.72. The Balaban J connectivity index is 2.32. The van der Waals surface area contributed by atoms with E-state index in [0.29, 0.717) is 5.92 Å². The Bertz CT molecular complexity index is 168. The zero-order valence-electron chi connectivity index (χ0n) is 10.2. The molecule has 1 saturated carbocycles. The summed E-state index contributed by atoms with van der Waals surface area (Å²) in [5.74, 6) is 1.25. The summed E-state index contributed by atoms with van der Waals surface area (Å²) in [6.45, 7) is 4.06. The largest absolute Gasteiger partial charge is 0.393 e. The van der Waals surface area contributed by atoms with Crippen LogP contribution in [0.4, 0.5) is 0 Å². The summed E-state index contributed by atoms with van der Waals surface area (Å²) >= 11 is 0. The molecular formula is C13H26O2. The van der Waals surface area contributed by atoms with Crippen molar-refractivity contribution in [2.45, 2.75) is 71.0 Å².